The van der Waals surface area contributed by atoms with Gasteiger partial charge < -0.3 is 28.8 Å². The van der Waals surface area contributed by atoms with Gasteiger partial charge >= 0.3 is 5.97 Å². The summed E-state index contributed by atoms with van der Waals surface area (Å²) in [6.07, 6.45) is 8.06. The Labute approximate surface area is 257 Å². The smallest absolute Gasteiger partial charge is 0.320 e. The van der Waals surface area contributed by atoms with Gasteiger partial charge in [-0.05, 0) is 56.9 Å². The summed E-state index contributed by atoms with van der Waals surface area (Å²) in [7, 11) is 4.34. The van der Waals surface area contributed by atoms with Crippen molar-refractivity contribution < 1.29 is 28.3 Å². The highest BCUT2D eigenvalue weighted by molar-refractivity contribution is 5.72. The Morgan fingerprint density at radius 2 is 1.74 bits per heavy atom. The number of aromatic nitrogens is 1. The number of esters is 1. The molecule has 234 valence electrons. The number of oxazole rings is 1. The molecule has 43 heavy (non-hydrogen) atoms. The van der Waals surface area contributed by atoms with E-state index in [0.717, 1.165) is 61.3 Å². The van der Waals surface area contributed by atoms with Crippen LogP contribution in [0.15, 0.2) is 65.2 Å². The molecule has 2 N–H and O–H groups in total. The summed E-state index contributed by atoms with van der Waals surface area (Å²) in [5.74, 6) is 1.85. The monoisotopic (exact) mass is 592 g/mol. The quantitative estimate of drug-likeness (QED) is 0.135. The van der Waals surface area contributed by atoms with Crippen molar-refractivity contribution in [3.05, 3.63) is 83.6 Å². The second-order valence-corrected chi connectivity index (χ2v) is 13.5. The van der Waals surface area contributed by atoms with E-state index in [0.29, 0.717) is 30.1 Å². The lowest BCUT2D eigenvalue weighted by Crippen LogP contribution is -2.40. The highest BCUT2D eigenvalue weighted by atomic mass is 16.6. The molecule has 0 amide bonds. The molecule has 8 heteroatoms. The number of rotatable bonds is 14. The molecule has 1 aromatic heterocycles. The maximum Gasteiger partial charge on any atom is 0.320 e. The summed E-state index contributed by atoms with van der Waals surface area (Å²) < 4.78 is 18.3. The average Bonchev–Trinajstić information content (AvgIpc) is 3.44. The summed E-state index contributed by atoms with van der Waals surface area (Å²) in [6, 6.07) is 17.8. The van der Waals surface area contributed by atoms with E-state index in [1.54, 1.807) is 6.20 Å². The minimum atomic E-state index is -1.21. The summed E-state index contributed by atoms with van der Waals surface area (Å²) in [5.41, 5.74) is 0.234. The molecule has 2 aromatic carbocycles. The molecule has 3 aromatic rings. The molecule has 0 aliphatic heterocycles. The van der Waals surface area contributed by atoms with Gasteiger partial charge in [0.1, 0.15) is 17.9 Å². The molecule has 1 aliphatic rings. The van der Waals surface area contributed by atoms with Crippen LogP contribution >= 0.6 is 0 Å². The lowest BCUT2D eigenvalue weighted by molar-refractivity contribution is -0.904. The molecule has 1 atom stereocenters. The zero-order chi connectivity index (χ0) is 30.9. The Morgan fingerprint density at radius 1 is 1.05 bits per heavy atom. The van der Waals surface area contributed by atoms with Crippen molar-refractivity contribution in [1.29, 1.82) is 0 Å². The highest BCUT2D eigenvalue weighted by Crippen LogP contribution is 2.43. The summed E-state index contributed by atoms with van der Waals surface area (Å²) in [4.78, 5) is 16.5. The third kappa shape index (κ3) is 9.65. The molecule has 1 unspecified atom stereocenters. The first-order chi connectivity index (χ1) is 20.4. The molecule has 0 bridgehead atoms. The predicted molar refractivity (Wildman–Crippen MR) is 167 cm³/mol. The van der Waals surface area contributed by atoms with Gasteiger partial charge in [-0.25, -0.2) is 4.98 Å². The zero-order valence-electron chi connectivity index (χ0n) is 26.6. The summed E-state index contributed by atoms with van der Waals surface area (Å²) >= 11 is 0. The van der Waals surface area contributed by atoms with Crippen LogP contribution in [-0.4, -0.2) is 59.9 Å². The topological polar surface area (TPSA) is 93.8 Å². The Hall–Kier alpha value is -3.20. The second-order valence-electron chi connectivity index (χ2n) is 13.5. The van der Waals surface area contributed by atoms with Crippen LogP contribution in [0.3, 0.4) is 0 Å². The Bertz CT molecular complexity index is 1280. The van der Waals surface area contributed by atoms with E-state index in [1.807, 2.05) is 75.4 Å². The standard InChI is InChI=1S/C35H50N3O5/c1-34(2,3)43-32(39)25-36-23-27-17-19-30(20-18-27)41-22-12-21-38(4,5)26-31-24-37-33(42-31)35(40,28-13-8-6-9-14-28)29-15-10-7-11-16-29/h6,8-9,13-14,17-20,24,29,36,40H,7,10-12,15-16,21-23,25-26H2,1-5H3/q+1. The minimum absolute atomic E-state index is 0.0948. The first-order valence-electron chi connectivity index (χ1n) is 15.6. The van der Waals surface area contributed by atoms with Crippen LogP contribution in [0.2, 0.25) is 0 Å². The van der Waals surface area contributed by atoms with Crippen LogP contribution < -0.4 is 10.1 Å². The number of aliphatic hydroxyl groups is 1. The lowest BCUT2D eigenvalue weighted by Gasteiger charge is -2.36. The van der Waals surface area contributed by atoms with Crippen LogP contribution in [-0.2, 0) is 28.2 Å². The Balaban J connectivity index is 1.24. The van der Waals surface area contributed by atoms with Crippen LogP contribution in [0.4, 0.5) is 0 Å². The van der Waals surface area contributed by atoms with E-state index in [1.165, 1.54) is 6.42 Å². The van der Waals surface area contributed by atoms with Crippen molar-refractivity contribution in [2.75, 3.05) is 33.8 Å². The highest BCUT2D eigenvalue weighted by Gasteiger charge is 2.44. The molecular weight excluding hydrogens is 542 g/mol. The number of hydrogen-bond acceptors (Lipinski definition) is 7. The average molecular weight is 593 g/mol. The van der Waals surface area contributed by atoms with Crippen molar-refractivity contribution >= 4 is 5.97 Å². The largest absolute Gasteiger partial charge is 0.493 e. The molecule has 0 spiro atoms. The van der Waals surface area contributed by atoms with E-state index in [9.17, 15) is 9.90 Å². The van der Waals surface area contributed by atoms with Gasteiger partial charge in [0.05, 0.1) is 40.0 Å². The van der Waals surface area contributed by atoms with E-state index < -0.39 is 11.2 Å². The van der Waals surface area contributed by atoms with Crippen LogP contribution in [0.25, 0.3) is 0 Å². The second kappa shape index (κ2) is 14.5. The number of hydrogen-bond donors (Lipinski definition) is 2. The third-order valence-electron chi connectivity index (χ3n) is 7.99. The number of quaternary nitrogens is 1. The maximum atomic E-state index is 12.1. The van der Waals surface area contributed by atoms with Gasteiger partial charge in [0, 0.05) is 18.9 Å². The molecule has 8 nitrogen and oxygen atoms in total. The molecule has 0 saturated heterocycles. The van der Waals surface area contributed by atoms with Gasteiger partial charge in [0.15, 0.2) is 11.4 Å². The third-order valence-corrected chi connectivity index (χ3v) is 7.99. The zero-order valence-corrected chi connectivity index (χ0v) is 26.6. The fraction of sp³-hybridized carbons (Fsp3) is 0.543. The first-order valence-corrected chi connectivity index (χ1v) is 15.6. The Morgan fingerprint density at radius 3 is 2.42 bits per heavy atom. The van der Waals surface area contributed by atoms with Crippen molar-refractivity contribution in [3.63, 3.8) is 0 Å². The molecule has 1 aliphatic carbocycles. The number of benzene rings is 2. The van der Waals surface area contributed by atoms with E-state index >= 15 is 0 Å². The van der Waals surface area contributed by atoms with Gasteiger partial charge in [-0.15, -0.1) is 0 Å². The predicted octanol–water partition coefficient (Wildman–Crippen LogP) is 5.97. The SMILES string of the molecule is CC(C)(C)OC(=O)CNCc1ccc(OCCC[N+](C)(C)Cc2cnc(C(O)(c3ccccc3)C3CCCCC3)o2)cc1. The molecular formula is C35H50N3O5+. The van der Waals surface area contributed by atoms with Gasteiger partial charge in [-0.2, -0.15) is 0 Å². The van der Waals surface area contributed by atoms with Crippen LogP contribution in [0.5, 0.6) is 5.75 Å². The molecule has 0 radical (unpaired) electrons. The fourth-order valence-corrected chi connectivity index (χ4v) is 5.88. The van der Waals surface area contributed by atoms with Gasteiger partial charge in [0.2, 0.25) is 5.89 Å². The Kier molecular flexibility index (Phi) is 11.0. The molecule has 4 rings (SSSR count). The normalized spacial score (nSPS) is 16.0. The number of ether oxygens (including phenoxy) is 2. The van der Waals surface area contributed by atoms with Crippen LogP contribution in [0.1, 0.15) is 82.1 Å². The fourth-order valence-electron chi connectivity index (χ4n) is 5.88. The van der Waals surface area contributed by atoms with Crippen LogP contribution in [0, 0.1) is 5.92 Å². The van der Waals surface area contributed by atoms with E-state index in [-0.39, 0.29) is 18.4 Å². The van der Waals surface area contributed by atoms with Gasteiger partial charge in [-0.3, -0.25) is 4.79 Å². The van der Waals surface area contributed by atoms with Crippen molar-refractivity contribution in [3.8, 4) is 5.75 Å². The van der Waals surface area contributed by atoms with Crippen molar-refractivity contribution in [2.24, 2.45) is 5.92 Å². The summed E-state index contributed by atoms with van der Waals surface area (Å²) in [5, 5.41) is 15.2. The van der Waals surface area contributed by atoms with Crippen molar-refractivity contribution in [2.45, 2.75) is 83.6 Å². The molecule has 1 fully saturated rings. The maximum absolute atomic E-state index is 12.1. The number of nitrogens with zero attached hydrogens (tertiary/aromatic N) is 2. The molecule has 1 saturated carbocycles. The van der Waals surface area contributed by atoms with E-state index in [4.69, 9.17) is 13.9 Å². The van der Waals surface area contributed by atoms with Crippen molar-refractivity contribution in [1.82, 2.24) is 10.3 Å². The number of carbonyl (C=O) groups excluding carboxylic acids is 1. The molecule has 1 heterocycles. The number of nitrogens with one attached hydrogen (secondary N) is 1. The summed E-state index contributed by atoms with van der Waals surface area (Å²) in [6.45, 7) is 8.52. The van der Waals surface area contributed by atoms with E-state index in [2.05, 4.69) is 24.4 Å². The minimum Gasteiger partial charge on any atom is -0.493 e. The first kappa shape index (κ1) is 32.7. The van der Waals surface area contributed by atoms with Gasteiger partial charge in [0.25, 0.3) is 0 Å². The lowest BCUT2D eigenvalue weighted by atomic mass is 9.73. The van der Waals surface area contributed by atoms with Gasteiger partial charge in [-0.1, -0.05) is 61.7 Å². The number of carbonyl (C=O) groups is 1.